The first-order valence-corrected chi connectivity index (χ1v) is 7.52. The number of anilines is 1. The number of carbonyl (C=O) groups excluding carboxylic acids is 1. The van der Waals surface area contributed by atoms with E-state index in [0.29, 0.717) is 11.2 Å². The fraction of sp³-hybridized carbons (Fsp3) is 0.692. The second-order valence-electron chi connectivity index (χ2n) is 5.37. The number of nitrogen functional groups attached to an aromatic ring is 1. The molecular weight excluding hydrogens is 246 g/mol. The predicted molar refractivity (Wildman–Crippen MR) is 72.7 cm³/mol. The third-order valence-electron chi connectivity index (χ3n) is 4.28. The zero-order valence-corrected chi connectivity index (χ0v) is 11.5. The smallest absolute Gasteiger partial charge is 0.266 e. The monoisotopic (exact) mass is 265 g/mol. The van der Waals surface area contributed by atoms with Gasteiger partial charge in [-0.1, -0.05) is 24.2 Å². The number of nitrogens with two attached hydrogens (primary N) is 1. The molecule has 4 nitrogen and oxygen atoms in total. The molecule has 1 saturated heterocycles. The highest BCUT2D eigenvalue weighted by atomic mass is 32.1. The van der Waals surface area contributed by atoms with Crippen LogP contribution in [0.1, 0.15) is 47.5 Å². The van der Waals surface area contributed by atoms with Gasteiger partial charge in [-0.25, -0.2) is 4.98 Å². The summed E-state index contributed by atoms with van der Waals surface area (Å²) in [6.45, 7) is 2.78. The zero-order chi connectivity index (χ0) is 12.7. The normalized spacial score (nSPS) is 27.3. The highest BCUT2D eigenvalue weighted by Crippen LogP contribution is 2.37. The van der Waals surface area contributed by atoms with E-state index in [0.717, 1.165) is 23.0 Å². The summed E-state index contributed by atoms with van der Waals surface area (Å²) in [7, 11) is 0. The van der Waals surface area contributed by atoms with Crippen molar-refractivity contribution in [1.82, 2.24) is 9.88 Å². The minimum atomic E-state index is 0.149. The number of hydrogen-bond donors (Lipinski definition) is 1. The van der Waals surface area contributed by atoms with Crippen molar-refractivity contribution in [2.75, 3.05) is 12.3 Å². The second-order valence-corrected chi connectivity index (χ2v) is 6.40. The quantitative estimate of drug-likeness (QED) is 0.848. The van der Waals surface area contributed by atoms with E-state index in [9.17, 15) is 4.79 Å². The van der Waals surface area contributed by atoms with Crippen molar-refractivity contribution >= 4 is 22.4 Å². The van der Waals surface area contributed by atoms with Crippen molar-refractivity contribution in [2.45, 2.75) is 45.1 Å². The molecule has 1 aromatic rings. The Balaban J connectivity index is 1.82. The highest BCUT2D eigenvalue weighted by molar-refractivity contribution is 7.17. The van der Waals surface area contributed by atoms with E-state index >= 15 is 0 Å². The fourth-order valence-electron chi connectivity index (χ4n) is 3.40. The van der Waals surface area contributed by atoms with Crippen LogP contribution in [0, 0.1) is 12.8 Å². The maximum Gasteiger partial charge on any atom is 0.266 e. The molecule has 18 heavy (non-hydrogen) atoms. The summed E-state index contributed by atoms with van der Waals surface area (Å²) in [6.07, 6.45) is 6.22. The van der Waals surface area contributed by atoms with E-state index < -0.39 is 0 Å². The van der Waals surface area contributed by atoms with E-state index in [1.165, 1.54) is 43.4 Å². The molecule has 3 rings (SSSR count). The first-order valence-electron chi connectivity index (χ1n) is 6.70. The van der Waals surface area contributed by atoms with Gasteiger partial charge in [0.25, 0.3) is 5.91 Å². The average Bonchev–Trinajstić information content (AvgIpc) is 2.92. The summed E-state index contributed by atoms with van der Waals surface area (Å²) in [6, 6.07) is 0.467. The Bertz CT molecular complexity index is 471. The highest BCUT2D eigenvalue weighted by Gasteiger charge is 2.39. The molecule has 1 aliphatic heterocycles. The Kier molecular flexibility index (Phi) is 3.01. The number of amides is 1. The maximum absolute atomic E-state index is 12.6. The molecule has 98 valence electrons. The van der Waals surface area contributed by atoms with Crippen LogP contribution in [-0.2, 0) is 0 Å². The Morgan fingerprint density at radius 1 is 1.39 bits per heavy atom. The van der Waals surface area contributed by atoms with Crippen LogP contribution in [0.5, 0.6) is 0 Å². The molecule has 2 aliphatic rings. The van der Waals surface area contributed by atoms with Crippen molar-refractivity contribution in [1.29, 1.82) is 0 Å². The van der Waals surface area contributed by atoms with Gasteiger partial charge in [0.15, 0.2) is 5.13 Å². The lowest BCUT2D eigenvalue weighted by molar-refractivity contribution is 0.0694. The number of carbonyl (C=O) groups is 1. The number of fused-ring (bicyclic) bond motifs is 1. The van der Waals surface area contributed by atoms with Crippen LogP contribution >= 0.6 is 11.3 Å². The molecule has 0 radical (unpaired) electrons. The van der Waals surface area contributed by atoms with E-state index in [1.807, 2.05) is 6.92 Å². The number of rotatable bonds is 1. The van der Waals surface area contributed by atoms with Crippen LogP contribution in [0.4, 0.5) is 5.13 Å². The van der Waals surface area contributed by atoms with Gasteiger partial charge in [0, 0.05) is 12.6 Å². The lowest BCUT2D eigenvalue weighted by Crippen LogP contribution is -2.39. The largest absolute Gasteiger partial charge is 0.375 e. The molecular formula is C13H19N3OS. The molecule has 2 atom stereocenters. The van der Waals surface area contributed by atoms with E-state index in [2.05, 4.69) is 9.88 Å². The van der Waals surface area contributed by atoms with Gasteiger partial charge in [0.1, 0.15) is 4.88 Å². The lowest BCUT2D eigenvalue weighted by atomic mass is 9.85. The van der Waals surface area contributed by atoms with Crippen molar-refractivity contribution in [3.63, 3.8) is 0 Å². The standard InChI is InChI=1S/C13H19N3OS/c1-8-11(18-13(14)15-8)12(17)16-7-6-9-4-2-3-5-10(9)16/h9-10H,2-7H2,1H3,(H2,14,15). The van der Waals surface area contributed by atoms with E-state index in [-0.39, 0.29) is 5.91 Å². The van der Waals surface area contributed by atoms with Gasteiger partial charge in [-0.3, -0.25) is 4.79 Å². The minimum absolute atomic E-state index is 0.149. The number of nitrogens with zero attached hydrogens (tertiary/aromatic N) is 2. The third-order valence-corrected chi connectivity index (χ3v) is 5.25. The molecule has 2 N–H and O–H groups in total. The van der Waals surface area contributed by atoms with Gasteiger partial charge >= 0.3 is 0 Å². The van der Waals surface area contributed by atoms with Gasteiger partial charge in [-0.05, 0) is 32.1 Å². The molecule has 0 spiro atoms. The number of thiazole rings is 1. The molecule has 2 fully saturated rings. The molecule has 1 saturated carbocycles. The van der Waals surface area contributed by atoms with Crippen LogP contribution < -0.4 is 5.73 Å². The van der Waals surface area contributed by atoms with Crippen LogP contribution in [0.2, 0.25) is 0 Å². The third kappa shape index (κ3) is 1.90. The molecule has 5 heteroatoms. The Hall–Kier alpha value is -1.10. The summed E-state index contributed by atoms with van der Waals surface area (Å²) >= 11 is 1.32. The molecule has 1 aliphatic carbocycles. The van der Waals surface area contributed by atoms with Crippen molar-refractivity contribution < 1.29 is 4.79 Å². The molecule has 2 heterocycles. The molecule has 2 unspecified atom stereocenters. The second kappa shape index (κ2) is 4.53. The van der Waals surface area contributed by atoms with Gasteiger partial charge in [0.2, 0.25) is 0 Å². The van der Waals surface area contributed by atoms with Gasteiger partial charge in [-0.2, -0.15) is 0 Å². The van der Waals surface area contributed by atoms with Crippen LogP contribution in [0.25, 0.3) is 0 Å². The summed E-state index contributed by atoms with van der Waals surface area (Å²) in [5, 5.41) is 0.496. The van der Waals surface area contributed by atoms with Gasteiger partial charge in [0.05, 0.1) is 5.69 Å². The number of aryl methyl sites for hydroxylation is 1. The number of likely N-dealkylation sites (tertiary alicyclic amines) is 1. The molecule has 1 aromatic heterocycles. The Morgan fingerprint density at radius 3 is 2.89 bits per heavy atom. The molecule has 0 aromatic carbocycles. The van der Waals surface area contributed by atoms with Crippen molar-refractivity contribution in [3.05, 3.63) is 10.6 Å². The summed E-state index contributed by atoms with van der Waals surface area (Å²) in [4.78, 5) is 19.5. The van der Waals surface area contributed by atoms with Crippen LogP contribution in [-0.4, -0.2) is 28.4 Å². The molecule has 0 bridgehead atoms. The SMILES string of the molecule is Cc1nc(N)sc1C(=O)N1CCC2CCCCC21. The van der Waals surface area contributed by atoms with E-state index in [1.54, 1.807) is 0 Å². The zero-order valence-electron chi connectivity index (χ0n) is 10.7. The fourth-order valence-corrected chi connectivity index (χ4v) is 4.19. The van der Waals surface area contributed by atoms with Gasteiger partial charge in [-0.15, -0.1) is 0 Å². The van der Waals surface area contributed by atoms with Crippen molar-refractivity contribution in [2.24, 2.45) is 5.92 Å². The first kappa shape index (κ1) is 12.0. The number of hydrogen-bond acceptors (Lipinski definition) is 4. The summed E-state index contributed by atoms with van der Waals surface area (Å²) < 4.78 is 0. The van der Waals surface area contributed by atoms with Crippen LogP contribution in [0.15, 0.2) is 0 Å². The first-order chi connectivity index (χ1) is 8.66. The maximum atomic E-state index is 12.6. The van der Waals surface area contributed by atoms with E-state index in [4.69, 9.17) is 5.73 Å². The predicted octanol–water partition coefficient (Wildman–Crippen LogP) is 2.44. The summed E-state index contributed by atoms with van der Waals surface area (Å²) in [5.41, 5.74) is 6.46. The Labute approximate surface area is 111 Å². The minimum Gasteiger partial charge on any atom is -0.375 e. The summed E-state index contributed by atoms with van der Waals surface area (Å²) in [5.74, 6) is 0.879. The number of aromatic nitrogens is 1. The van der Waals surface area contributed by atoms with Crippen molar-refractivity contribution in [3.8, 4) is 0 Å². The lowest BCUT2D eigenvalue weighted by Gasteiger charge is -2.31. The Morgan fingerprint density at radius 2 is 2.17 bits per heavy atom. The average molecular weight is 265 g/mol. The van der Waals surface area contributed by atoms with Gasteiger partial charge < -0.3 is 10.6 Å². The van der Waals surface area contributed by atoms with Crippen LogP contribution in [0.3, 0.4) is 0 Å². The molecule has 1 amide bonds. The topological polar surface area (TPSA) is 59.2 Å².